The molecule has 0 bridgehead atoms. The molecule has 4 heteroatoms. The lowest BCUT2D eigenvalue weighted by Crippen LogP contribution is -2.43. The fourth-order valence-corrected chi connectivity index (χ4v) is 2.84. The van der Waals surface area contributed by atoms with Crippen molar-refractivity contribution in [2.24, 2.45) is 5.92 Å². The Morgan fingerprint density at radius 3 is 2.50 bits per heavy atom. The molecule has 0 aromatic heterocycles. The molecule has 0 atom stereocenters. The second kappa shape index (κ2) is 8.57. The Labute approximate surface area is 132 Å². The molecule has 0 radical (unpaired) electrons. The third-order valence-corrected chi connectivity index (χ3v) is 4.24. The number of amides is 2. The van der Waals surface area contributed by atoms with Crippen LogP contribution >= 0.6 is 0 Å². The van der Waals surface area contributed by atoms with Crippen LogP contribution in [-0.4, -0.2) is 36.3 Å². The molecule has 0 saturated carbocycles. The minimum absolute atomic E-state index is 0.0738. The van der Waals surface area contributed by atoms with Crippen molar-refractivity contribution in [1.82, 2.24) is 10.2 Å². The van der Waals surface area contributed by atoms with Gasteiger partial charge in [0.05, 0.1) is 0 Å². The van der Waals surface area contributed by atoms with Crippen molar-refractivity contribution in [2.75, 3.05) is 19.6 Å². The first-order chi connectivity index (χ1) is 10.7. The molecule has 1 aromatic rings. The predicted molar refractivity (Wildman–Crippen MR) is 87.4 cm³/mol. The zero-order valence-electron chi connectivity index (χ0n) is 13.4. The summed E-state index contributed by atoms with van der Waals surface area (Å²) >= 11 is 0. The van der Waals surface area contributed by atoms with Crippen LogP contribution in [0.25, 0.3) is 0 Å². The maximum absolute atomic E-state index is 12.2. The van der Waals surface area contributed by atoms with Gasteiger partial charge in [-0.25, -0.2) is 0 Å². The summed E-state index contributed by atoms with van der Waals surface area (Å²) in [5.74, 6) is 0.430. The number of nitrogens with one attached hydrogen (secondary N) is 1. The monoisotopic (exact) mass is 302 g/mol. The predicted octanol–water partition coefficient (Wildman–Crippen LogP) is 2.38. The number of piperidine rings is 1. The van der Waals surface area contributed by atoms with E-state index in [9.17, 15) is 9.59 Å². The van der Waals surface area contributed by atoms with Gasteiger partial charge in [0.25, 0.3) is 0 Å². The van der Waals surface area contributed by atoms with E-state index in [1.165, 1.54) is 5.56 Å². The second-order valence-corrected chi connectivity index (χ2v) is 5.93. The largest absolute Gasteiger partial charge is 0.356 e. The molecule has 2 amide bonds. The van der Waals surface area contributed by atoms with Gasteiger partial charge >= 0.3 is 0 Å². The average Bonchev–Trinajstić information content (AvgIpc) is 2.58. The summed E-state index contributed by atoms with van der Waals surface area (Å²) in [5.41, 5.74) is 1.20. The van der Waals surface area contributed by atoms with Gasteiger partial charge in [-0.3, -0.25) is 9.59 Å². The first-order valence-electron chi connectivity index (χ1n) is 8.30. The van der Waals surface area contributed by atoms with Gasteiger partial charge < -0.3 is 10.2 Å². The summed E-state index contributed by atoms with van der Waals surface area (Å²) in [5, 5.41) is 2.95. The molecule has 1 N–H and O–H groups in total. The maximum atomic E-state index is 12.2. The molecule has 4 nitrogen and oxygen atoms in total. The van der Waals surface area contributed by atoms with E-state index < -0.39 is 0 Å². The lowest BCUT2D eigenvalue weighted by atomic mass is 9.95. The Balaban J connectivity index is 1.72. The molecule has 1 saturated heterocycles. The lowest BCUT2D eigenvalue weighted by Gasteiger charge is -2.31. The molecule has 1 aliphatic heterocycles. The van der Waals surface area contributed by atoms with E-state index >= 15 is 0 Å². The molecule has 1 heterocycles. The first kappa shape index (κ1) is 16.5. The quantitative estimate of drug-likeness (QED) is 0.877. The number of benzene rings is 1. The van der Waals surface area contributed by atoms with Crippen LogP contribution in [0.2, 0.25) is 0 Å². The van der Waals surface area contributed by atoms with Gasteiger partial charge in [-0.05, 0) is 31.2 Å². The Hall–Kier alpha value is -1.84. The van der Waals surface area contributed by atoms with Crippen LogP contribution in [0.4, 0.5) is 0 Å². The highest BCUT2D eigenvalue weighted by atomic mass is 16.2. The SMILES string of the molecule is CCCNC(=O)C1CCN(C(=O)CCc2ccccc2)CC1. The van der Waals surface area contributed by atoms with E-state index in [0.29, 0.717) is 19.5 Å². The average molecular weight is 302 g/mol. The van der Waals surface area contributed by atoms with Gasteiger partial charge in [0.1, 0.15) is 0 Å². The summed E-state index contributed by atoms with van der Waals surface area (Å²) in [6, 6.07) is 10.1. The van der Waals surface area contributed by atoms with Crippen LogP contribution in [0.3, 0.4) is 0 Å². The van der Waals surface area contributed by atoms with Crippen molar-refractivity contribution >= 4 is 11.8 Å². The number of hydrogen-bond donors (Lipinski definition) is 1. The van der Waals surface area contributed by atoms with Crippen molar-refractivity contribution in [2.45, 2.75) is 39.0 Å². The van der Waals surface area contributed by atoms with Gasteiger partial charge in [-0.2, -0.15) is 0 Å². The number of aryl methyl sites for hydroxylation is 1. The Morgan fingerprint density at radius 2 is 1.86 bits per heavy atom. The van der Waals surface area contributed by atoms with Crippen molar-refractivity contribution in [3.63, 3.8) is 0 Å². The fraction of sp³-hybridized carbons (Fsp3) is 0.556. The summed E-state index contributed by atoms with van der Waals surface area (Å²) < 4.78 is 0. The van der Waals surface area contributed by atoms with E-state index in [-0.39, 0.29) is 17.7 Å². The molecule has 0 spiro atoms. The minimum Gasteiger partial charge on any atom is -0.356 e. The van der Waals surface area contributed by atoms with E-state index in [0.717, 1.165) is 32.2 Å². The number of rotatable bonds is 6. The zero-order chi connectivity index (χ0) is 15.8. The van der Waals surface area contributed by atoms with Gasteiger partial charge in [0.2, 0.25) is 11.8 Å². The summed E-state index contributed by atoms with van der Waals surface area (Å²) in [7, 11) is 0. The molecule has 0 aliphatic carbocycles. The highest BCUT2D eigenvalue weighted by molar-refractivity contribution is 5.80. The minimum atomic E-state index is 0.0738. The van der Waals surface area contributed by atoms with Gasteiger partial charge in [0, 0.05) is 32.0 Å². The van der Waals surface area contributed by atoms with Crippen molar-refractivity contribution in [1.29, 1.82) is 0 Å². The summed E-state index contributed by atoms with van der Waals surface area (Å²) in [4.78, 5) is 26.1. The maximum Gasteiger partial charge on any atom is 0.223 e. The highest BCUT2D eigenvalue weighted by Gasteiger charge is 2.26. The number of carbonyl (C=O) groups excluding carboxylic acids is 2. The van der Waals surface area contributed by atoms with E-state index in [1.54, 1.807) is 0 Å². The molecular formula is C18H26N2O2. The Kier molecular flexibility index (Phi) is 6.44. The molecule has 0 unspecified atom stereocenters. The van der Waals surface area contributed by atoms with E-state index in [1.807, 2.05) is 30.0 Å². The molecule has 22 heavy (non-hydrogen) atoms. The van der Waals surface area contributed by atoms with E-state index in [2.05, 4.69) is 17.4 Å². The number of nitrogens with zero attached hydrogens (tertiary/aromatic N) is 1. The lowest BCUT2D eigenvalue weighted by molar-refractivity contribution is -0.135. The van der Waals surface area contributed by atoms with Crippen LogP contribution in [0, 0.1) is 5.92 Å². The van der Waals surface area contributed by atoms with Crippen molar-refractivity contribution in [3.8, 4) is 0 Å². The van der Waals surface area contributed by atoms with Crippen LogP contribution < -0.4 is 5.32 Å². The Bertz CT molecular complexity index is 479. The number of carbonyl (C=O) groups is 2. The third-order valence-electron chi connectivity index (χ3n) is 4.24. The standard InChI is InChI=1S/C18H26N2O2/c1-2-12-19-18(22)16-10-13-20(14-11-16)17(21)9-8-15-6-4-3-5-7-15/h3-7,16H,2,8-14H2,1H3,(H,19,22). The summed E-state index contributed by atoms with van der Waals surface area (Å²) in [6.07, 6.45) is 3.87. The number of likely N-dealkylation sites (tertiary alicyclic amines) is 1. The van der Waals surface area contributed by atoms with Crippen LogP contribution in [0.15, 0.2) is 30.3 Å². The smallest absolute Gasteiger partial charge is 0.223 e. The summed E-state index contributed by atoms with van der Waals surface area (Å²) in [6.45, 7) is 4.21. The molecular weight excluding hydrogens is 276 g/mol. The first-order valence-corrected chi connectivity index (χ1v) is 8.30. The molecule has 2 rings (SSSR count). The van der Waals surface area contributed by atoms with Gasteiger partial charge in [-0.15, -0.1) is 0 Å². The van der Waals surface area contributed by atoms with Crippen LogP contribution in [0.1, 0.15) is 38.2 Å². The van der Waals surface area contributed by atoms with E-state index in [4.69, 9.17) is 0 Å². The normalized spacial score (nSPS) is 15.6. The van der Waals surface area contributed by atoms with Crippen LogP contribution in [0.5, 0.6) is 0 Å². The number of hydrogen-bond acceptors (Lipinski definition) is 2. The molecule has 1 fully saturated rings. The zero-order valence-corrected chi connectivity index (χ0v) is 13.4. The third kappa shape index (κ3) is 4.86. The van der Waals surface area contributed by atoms with Crippen molar-refractivity contribution < 1.29 is 9.59 Å². The molecule has 1 aliphatic rings. The topological polar surface area (TPSA) is 49.4 Å². The Morgan fingerprint density at radius 1 is 1.18 bits per heavy atom. The van der Waals surface area contributed by atoms with Gasteiger partial charge in [0.15, 0.2) is 0 Å². The molecule has 1 aromatic carbocycles. The van der Waals surface area contributed by atoms with Gasteiger partial charge in [-0.1, -0.05) is 37.3 Å². The van der Waals surface area contributed by atoms with Crippen molar-refractivity contribution in [3.05, 3.63) is 35.9 Å². The molecule has 120 valence electrons. The van der Waals surface area contributed by atoms with Crippen LogP contribution in [-0.2, 0) is 16.0 Å². The fourth-order valence-electron chi connectivity index (χ4n) is 2.84. The highest BCUT2D eigenvalue weighted by Crippen LogP contribution is 2.18. The second-order valence-electron chi connectivity index (χ2n) is 5.93.